The van der Waals surface area contributed by atoms with E-state index in [1.165, 1.54) is 11.3 Å². The van der Waals surface area contributed by atoms with E-state index in [2.05, 4.69) is 49.5 Å². The summed E-state index contributed by atoms with van der Waals surface area (Å²) in [5.41, 5.74) is 4.29. The van der Waals surface area contributed by atoms with Gasteiger partial charge in [0.1, 0.15) is 0 Å². The van der Waals surface area contributed by atoms with Crippen molar-refractivity contribution < 1.29 is 5.11 Å². The van der Waals surface area contributed by atoms with Crippen LogP contribution in [0.2, 0.25) is 0 Å². The minimum absolute atomic E-state index is 0.293. The first-order valence-corrected chi connectivity index (χ1v) is 9.72. The van der Waals surface area contributed by atoms with Gasteiger partial charge >= 0.3 is 0 Å². The maximum atomic E-state index is 9.37. The summed E-state index contributed by atoms with van der Waals surface area (Å²) >= 11 is 0. The van der Waals surface area contributed by atoms with E-state index < -0.39 is 0 Å². The molecule has 2 aromatic heterocycles. The molecule has 0 saturated carbocycles. The number of anilines is 2. The van der Waals surface area contributed by atoms with Crippen LogP contribution in [-0.4, -0.2) is 44.6 Å². The Morgan fingerprint density at radius 3 is 2.75 bits per heavy atom. The Balaban J connectivity index is 1.46. The molecule has 3 aromatic rings. The number of rotatable bonds is 6. The monoisotopic (exact) mass is 378 g/mol. The first kappa shape index (κ1) is 18.4. The average Bonchev–Trinajstić information content (AvgIpc) is 3.19. The molecule has 0 bridgehead atoms. The van der Waals surface area contributed by atoms with Gasteiger partial charge in [-0.05, 0) is 36.5 Å². The molecule has 1 fully saturated rings. The maximum absolute atomic E-state index is 9.37. The summed E-state index contributed by atoms with van der Waals surface area (Å²) in [4.78, 5) is 11.4. The molecular weight excluding hydrogens is 352 g/mol. The molecule has 0 unspecified atom stereocenters. The van der Waals surface area contributed by atoms with Crippen molar-refractivity contribution in [1.82, 2.24) is 19.7 Å². The van der Waals surface area contributed by atoms with Gasteiger partial charge in [0.05, 0.1) is 11.9 Å². The number of aliphatic hydroxyl groups excluding tert-OH is 1. The Labute approximate surface area is 165 Å². The lowest BCUT2D eigenvalue weighted by molar-refractivity contribution is 0.203. The Morgan fingerprint density at radius 2 is 2.00 bits per heavy atom. The van der Waals surface area contributed by atoms with E-state index in [9.17, 15) is 5.11 Å². The third-order valence-electron chi connectivity index (χ3n) is 5.30. The van der Waals surface area contributed by atoms with E-state index in [1.807, 2.05) is 19.3 Å². The van der Waals surface area contributed by atoms with E-state index in [1.54, 1.807) is 17.1 Å². The number of aryl methyl sites for hydroxylation is 1. The molecule has 0 amide bonds. The van der Waals surface area contributed by atoms with Crippen LogP contribution >= 0.6 is 0 Å². The van der Waals surface area contributed by atoms with Crippen LogP contribution in [0.25, 0.3) is 11.3 Å². The SMILES string of the molecule is Cn1cc(-c2ccnc(NCc3ccccc3N3CCC(CO)CC3)n2)cn1. The lowest BCUT2D eigenvalue weighted by atomic mass is 9.97. The molecule has 0 radical (unpaired) electrons. The number of hydrogen-bond donors (Lipinski definition) is 2. The lowest BCUT2D eigenvalue weighted by Crippen LogP contribution is -2.35. The van der Waals surface area contributed by atoms with Gasteiger partial charge in [-0.1, -0.05) is 18.2 Å². The molecule has 146 valence electrons. The second-order valence-corrected chi connectivity index (χ2v) is 7.26. The molecule has 7 heteroatoms. The third-order valence-corrected chi connectivity index (χ3v) is 5.30. The summed E-state index contributed by atoms with van der Waals surface area (Å²) in [7, 11) is 1.89. The maximum Gasteiger partial charge on any atom is 0.223 e. The van der Waals surface area contributed by atoms with Crippen molar-refractivity contribution in [3.63, 3.8) is 0 Å². The summed E-state index contributed by atoms with van der Waals surface area (Å²) in [6, 6.07) is 10.3. The predicted octanol–water partition coefficient (Wildman–Crippen LogP) is 2.70. The number of hydrogen-bond acceptors (Lipinski definition) is 6. The molecule has 1 aromatic carbocycles. The lowest BCUT2D eigenvalue weighted by Gasteiger charge is -2.34. The Morgan fingerprint density at radius 1 is 1.18 bits per heavy atom. The van der Waals surface area contributed by atoms with Gasteiger partial charge < -0.3 is 15.3 Å². The molecule has 4 rings (SSSR count). The molecule has 3 heterocycles. The number of para-hydroxylation sites is 1. The zero-order valence-corrected chi connectivity index (χ0v) is 16.1. The average molecular weight is 378 g/mol. The Bertz CT molecular complexity index is 917. The van der Waals surface area contributed by atoms with Gasteiger partial charge in [-0.25, -0.2) is 9.97 Å². The highest BCUT2D eigenvalue weighted by molar-refractivity contribution is 5.58. The van der Waals surface area contributed by atoms with Gasteiger partial charge in [0.15, 0.2) is 0 Å². The number of aromatic nitrogens is 4. The van der Waals surface area contributed by atoms with Crippen molar-refractivity contribution in [2.24, 2.45) is 13.0 Å². The van der Waals surface area contributed by atoms with E-state index in [4.69, 9.17) is 0 Å². The highest BCUT2D eigenvalue weighted by atomic mass is 16.3. The van der Waals surface area contributed by atoms with Crippen LogP contribution in [0.3, 0.4) is 0 Å². The zero-order valence-electron chi connectivity index (χ0n) is 16.1. The Kier molecular flexibility index (Phi) is 5.53. The highest BCUT2D eigenvalue weighted by Crippen LogP contribution is 2.27. The van der Waals surface area contributed by atoms with Crippen LogP contribution in [0.1, 0.15) is 18.4 Å². The molecule has 1 aliphatic rings. The normalized spacial score (nSPS) is 15.0. The largest absolute Gasteiger partial charge is 0.396 e. The van der Waals surface area contributed by atoms with Crippen LogP contribution in [-0.2, 0) is 13.6 Å². The van der Waals surface area contributed by atoms with Gasteiger partial charge in [0.2, 0.25) is 5.95 Å². The number of benzene rings is 1. The van der Waals surface area contributed by atoms with Gasteiger partial charge in [-0.3, -0.25) is 4.68 Å². The van der Waals surface area contributed by atoms with Crippen molar-refractivity contribution >= 4 is 11.6 Å². The summed E-state index contributed by atoms with van der Waals surface area (Å²) < 4.78 is 1.76. The fourth-order valence-electron chi connectivity index (χ4n) is 3.66. The molecule has 1 saturated heterocycles. The second kappa shape index (κ2) is 8.39. The second-order valence-electron chi connectivity index (χ2n) is 7.26. The number of nitrogens with zero attached hydrogens (tertiary/aromatic N) is 5. The molecule has 0 aliphatic carbocycles. The molecule has 0 atom stereocenters. The molecule has 1 aliphatic heterocycles. The van der Waals surface area contributed by atoms with E-state index >= 15 is 0 Å². The Hall–Kier alpha value is -2.93. The molecule has 28 heavy (non-hydrogen) atoms. The number of nitrogens with one attached hydrogen (secondary N) is 1. The van der Waals surface area contributed by atoms with Crippen molar-refractivity contribution in [2.75, 3.05) is 29.9 Å². The van der Waals surface area contributed by atoms with E-state index in [0.29, 0.717) is 25.0 Å². The third kappa shape index (κ3) is 4.14. The van der Waals surface area contributed by atoms with Gasteiger partial charge in [-0.2, -0.15) is 5.10 Å². The minimum atomic E-state index is 0.293. The van der Waals surface area contributed by atoms with Crippen LogP contribution < -0.4 is 10.2 Å². The van der Waals surface area contributed by atoms with Gasteiger partial charge in [0.25, 0.3) is 0 Å². The van der Waals surface area contributed by atoms with E-state index in [-0.39, 0.29) is 0 Å². The first-order chi connectivity index (χ1) is 13.7. The predicted molar refractivity (Wildman–Crippen MR) is 110 cm³/mol. The van der Waals surface area contributed by atoms with Crippen LogP contribution in [0.15, 0.2) is 48.9 Å². The van der Waals surface area contributed by atoms with Gasteiger partial charge in [-0.15, -0.1) is 0 Å². The van der Waals surface area contributed by atoms with Crippen molar-refractivity contribution in [3.8, 4) is 11.3 Å². The standard InChI is InChI=1S/C21H26N6O/c1-26-14-18(13-24-26)19-6-9-22-21(25-19)23-12-17-4-2-3-5-20(17)27-10-7-16(15-28)8-11-27/h2-6,9,13-14,16,28H,7-8,10-12,15H2,1H3,(H,22,23,25). The summed E-state index contributed by atoms with van der Waals surface area (Å²) in [6.07, 6.45) is 7.58. The van der Waals surface area contributed by atoms with E-state index in [0.717, 1.165) is 37.2 Å². The fourth-order valence-corrected chi connectivity index (χ4v) is 3.66. The van der Waals surface area contributed by atoms with Gasteiger partial charge in [0, 0.05) is 56.9 Å². The summed E-state index contributed by atoms with van der Waals surface area (Å²) in [6.45, 7) is 2.92. The fraction of sp³-hybridized carbons (Fsp3) is 0.381. The van der Waals surface area contributed by atoms with Crippen LogP contribution in [0.4, 0.5) is 11.6 Å². The van der Waals surface area contributed by atoms with Crippen LogP contribution in [0.5, 0.6) is 0 Å². The minimum Gasteiger partial charge on any atom is -0.396 e. The molecule has 0 spiro atoms. The number of piperidine rings is 1. The van der Waals surface area contributed by atoms with Crippen molar-refractivity contribution in [3.05, 3.63) is 54.5 Å². The topological polar surface area (TPSA) is 79.1 Å². The summed E-state index contributed by atoms with van der Waals surface area (Å²) in [5, 5.41) is 16.9. The molecule has 2 N–H and O–H groups in total. The highest BCUT2D eigenvalue weighted by Gasteiger charge is 2.20. The van der Waals surface area contributed by atoms with Crippen molar-refractivity contribution in [1.29, 1.82) is 0 Å². The quantitative estimate of drug-likeness (QED) is 0.687. The van der Waals surface area contributed by atoms with Crippen molar-refractivity contribution in [2.45, 2.75) is 19.4 Å². The molecular formula is C21H26N6O. The first-order valence-electron chi connectivity index (χ1n) is 9.72. The zero-order chi connectivity index (χ0) is 19.3. The number of aliphatic hydroxyl groups is 1. The molecule has 7 nitrogen and oxygen atoms in total. The smallest absolute Gasteiger partial charge is 0.223 e. The summed E-state index contributed by atoms with van der Waals surface area (Å²) in [5.74, 6) is 1.04. The van der Waals surface area contributed by atoms with Crippen LogP contribution in [0, 0.1) is 5.92 Å².